The molecule has 20 heavy (non-hydrogen) atoms. The van der Waals surface area contributed by atoms with Gasteiger partial charge in [0.05, 0.1) is 24.8 Å². The Bertz CT molecular complexity index is 609. The van der Waals surface area contributed by atoms with Crippen molar-refractivity contribution in [3.8, 4) is 5.75 Å². The van der Waals surface area contributed by atoms with Crippen LogP contribution in [0.1, 0.15) is 18.6 Å². The molecule has 0 spiro atoms. The van der Waals surface area contributed by atoms with Gasteiger partial charge in [0.15, 0.2) is 0 Å². The molecule has 106 valence electrons. The highest BCUT2D eigenvalue weighted by Crippen LogP contribution is 2.29. The van der Waals surface area contributed by atoms with Crippen LogP contribution in [0.3, 0.4) is 0 Å². The average Bonchev–Trinajstić information content (AvgIpc) is 2.92. The van der Waals surface area contributed by atoms with Gasteiger partial charge in [-0.05, 0) is 6.07 Å². The molecular formula is C13H15N3O4. The number of nitro groups is 1. The minimum absolute atomic E-state index is 0.0203. The number of hydrogen-bond donors (Lipinski definition) is 1. The van der Waals surface area contributed by atoms with E-state index in [0.717, 1.165) is 12.2 Å². The number of nitrogens with one attached hydrogen (secondary N) is 1. The maximum atomic E-state index is 11.0. The first-order valence-corrected chi connectivity index (χ1v) is 6.14. The zero-order valence-corrected chi connectivity index (χ0v) is 11.3. The van der Waals surface area contributed by atoms with Crippen LogP contribution in [-0.4, -0.2) is 17.0 Å². The molecule has 0 saturated heterocycles. The molecule has 0 bridgehead atoms. The number of hydrogen-bond acceptors (Lipinski definition) is 6. The predicted molar refractivity (Wildman–Crippen MR) is 72.9 cm³/mol. The number of aryl methyl sites for hydroxylation is 1. The van der Waals surface area contributed by atoms with Gasteiger partial charge >= 0.3 is 0 Å². The lowest BCUT2D eigenvalue weighted by molar-refractivity contribution is -0.384. The molecule has 0 saturated carbocycles. The molecule has 0 radical (unpaired) electrons. The number of methoxy groups -OCH3 is 1. The maximum Gasteiger partial charge on any atom is 0.292 e. The Morgan fingerprint density at radius 2 is 2.30 bits per heavy atom. The van der Waals surface area contributed by atoms with Gasteiger partial charge in [0.25, 0.3) is 5.69 Å². The zero-order chi connectivity index (χ0) is 14.5. The van der Waals surface area contributed by atoms with E-state index >= 15 is 0 Å². The third-order valence-electron chi connectivity index (χ3n) is 2.78. The van der Waals surface area contributed by atoms with E-state index in [1.165, 1.54) is 13.2 Å². The highest BCUT2D eigenvalue weighted by Gasteiger charge is 2.15. The van der Waals surface area contributed by atoms with E-state index < -0.39 is 4.92 Å². The summed E-state index contributed by atoms with van der Waals surface area (Å²) in [7, 11) is 1.51. The second kappa shape index (κ2) is 6.05. The first kappa shape index (κ1) is 13.9. The van der Waals surface area contributed by atoms with E-state index in [0.29, 0.717) is 17.3 Å². The molecule has 1 heterocycles. The monoisotopic (exact) mass is 277 g/mol. The highest BCUT2D eigenvalue weighted by atomic mass is 16.6. The van der Waals surface area contributed by atoms with E-state index in [1.807, 2.05) is 6.92 Å². The SMILES string of the molecule is CCc1cnc(CNc2cc(OC)ccc2[N+](=O)[O-])o1. The van der Waals surface area contributed by atoms with Gasteiger partial charge in [-0.2, -0.15) is 0 Å². The fraction of sp³-hybridized carbons (Fsp3) is 0.308. The molecule has 1 N–H and O–H groups in total. The lowest BCUT2D eigenvalue weighted by Gasteiger charge is -2.07. The molecule has 2 aromatic rings. The van der Waals surface area contributed by atoms with Crippen LogP contribution in [0, 0.1) is 10.1 Å². The van der Waals surface area contributed by atoms with Crippen LogP contribution in [0.25, 0.3) is 0 Å². The summed E-state index contributed by atoms with van der Waals surface area (Å²) in [5.74, 6) is 1.81. The van der Waals surface area contributed by atoms with Gasteiger partial charge in [0.1, 0.15) is 17.2 Å². The van der Waals surface area contributed by atoms with E-state index in [1.54, 1.807) is 18.3 Å². The minimum atomic E-state index is -0.450. The summed E-state index contributed by atoms with van der Waals surface area (Å²) in [5, 5.41) is 13.9. The van der Waals surface area contributed by atoms with Crippen LogP contribution in [-0.2, 0) is 13.0 Å². The topological polar surface area (TPSA) is 90.4 Å². The van der Waals surface area contributed by atoms with Gasteiger partial charge in [-0.15, -0.1) is 0 Å². The summed E-state index contributed by atoms with van der Waals surface area (Å²) < 4.78 is 10.5. The predicted octanol–water partition coefficient (Wildman–Crippen LogP) is 2.77. The molecule has 0 amide bonds. The minimum Gasteiger partial charge on any atom is -0.497 e. The molecule has 0 aliphatic heterocycles. The summed E-state index contributed by atoms with van der Waals surface area (Å²) >= 11 is 0. The molecule has 1 aromatic heterocycles. The highest BCUT2D eigenvalue weighted by molar-refractivity contribution is 5.64. The summed E-state index contributed by atoms with van der Waals surface area (Å²) in [5.41, 5.74) is 0.346. The van der Waals surface area contributed by atoms with Crippen molar-refractivity contribution in [2.45, 2.75) is 19.9 Å². The molecule has 1 aromatic carbocycles. The number of benzene rings is 1. The van der Waals surface area contributed by atoms with Crippen molar-refractivity contribution in [2.75, 3.05) is 12.4 Å². The summed E-state index contributed by atoms with van der Waals surface area (Å²) in [6.07, 6.45) is 2.41. The lowest BCUT2D eigenvalue weighted by Crippen LogP contribution is -2.03. The fourth-order valence-corrected chi connectivity index (χ4v) is 1.71. The summed E-state index contributed by atoms with van der Waals surface area (Å²) in [4.78, 5) is 14.6. The number of rotatable bonds is 6. The Morgan fingerprint density at radius 1 is 1.50 bits per heavy atom. The summed E-state index contributed by atoms with van der Waals surface area (Å²) in [6.45, 7) is 2.23. The van der Waals surface area contributed by atoms with Crippen LogP contribution in [0.5, 0.6) is 5.75 Å². The Labute approximate surface area is 115 Å². The van der Waals surface area contributed by atoms with Crippen LogP contribution >= 0.6 is 0 Å². The van der Waals surface area contributed by atoms with Crippen molar-refractivity contribution in [3.05, 3.63) is 46.2 Å². The molecule has 0 fully saturated rings. The van der Waals surface area contributed by atoms with Crippen LogP contribution in [0.2, 0.25) is 0 Å². The van der Waals surface area contributed by atoms with Crippen LogP contribution in [0.15, 0.2) is 28.8 Å². The van der Waals surface area contributed by atoms with Gasteiger partial charge in [-0.3, -0.25) is 10.1 Å². The Balaban J connectivity index is 2.16. The lowest BCUT2D eigenvalue weighted by atomic mass is 10.2. The Kier molecular flexibility index (Phi) is 4.19. The normalized spacial score (nSPS) is 10.3. The Hall–Kier alpha value is -2.57. The van der Waals surface area contributed by atoms with Crippen molar-refractivity contribution in [2.24, 2.45) is 0 Å². The smallest absolute Gasteiger partial charge is 0.292 e. The maximum absolute atomic E-state index is 11.0. The first-order valence-electron chi connectivity index (χ1n) is 6.14. The van der Waals surface area contributed by atoms with Crippen molar-refractivity contribution in [3.63, 3.8) is 0 Å². The quantitative estimate of drug-likeness (QED) is 0.645. The molecule has 0 unspecified atom stereocenters. The number of anilines is 1. The van der Waals surface area contributed by atoms with Crippen molar-refractivity contribution < 1.29 is 14.1 Å². The van der Waals surface area contributed by atoms with Crippen molar-refractivity contribution >= 4 is 11.4 Å². The van der Waals surface area contributed by atoms with Crippen molar-refractivity contribution in [1.29, 1.82) is 0 Å². The number of aromatic nitrogens is 1. The number of oxazole rings is 1. The molecular weight excluding hydrogens is 262 g/mol. The Morgan fingerprint density at radius 3 is 2.90 bits per heavy atom. The van der Waals surface area contributed by atoms with Gasteiger partial charge in [0.2, 0.25) is 5.89 Å². The third-order valence-corrected chi connectivity index (χ3v) is 2.78. The van der Waals surface area contributed by atoms with Gasteiger partial charge in [-0.25, -0.2) is 4.98 Å². The second-order valence-electron chi connectivity index (χ2n) is 4.07. The molecule has 7 nitrogen and oxygen atoms in total. The molecule has 0 atom stereocenters. The standard InChI is InChI=1S/C13H15N3O4/c1-3-9-7-15-13(20-9)8-14-11-6-10(19-2)4-5-12(11)16(17)18/h4-7,14H,3,8H2,1-2H3. The zero-order valence-electron chi connectivity index (χ0n) is 11.3. The van der Waals surface area contributed by atoms with E-state index in [-0.39, 0.29) is 12.2 Å². The van der Waals surface area contributed by atoms with Crippen LogP contribution in [0.4, 0.5) is 11.4 Å². The largest absolute Gasteiger partial charge is 0.497 e. The molecule has 0 aliphatic carbocycles. The fourth-order valence-electron chi connectivity index (χ4n) is 1.71. The average molecular weight is 277 g/mol. The van der Waals surface area contributed by atoms with Gasteiger partial charge < -0.3 is 14.5 Å². The second-order valence-corrected chi connectivity index (χ2v) is 4.07. The summed E-state index contributed by atoms with van der Waals surface area (Å²) in [6, 6.07) is 4.51. The number of nitro benzene ring substituents is 1. The van der Waals surface area contributed by atoms with Gasteiger partial charge in [-0.1, -0.05) is 6.92 Å². The molecule has 7 heteroatoms. The van der Waals surface area contributed by atoms with Gasteiger partial charge in [0, 0.05) is 18.6 Å². The first-order chi connectivity index (χ1) is 9.63. The molecule has 0 aliphatic rings. The third kappa shape index (κ3) is 3.05. The van der Waals surface area contributed by atoms with E-state index in [9.17, 15) is 10.1 Å². The number of nitrogens with zero attached hydrogens (tertiary/aromatic N) is 2. The molecule has 2 rings (SSSR count). The number of ether oxygens (including phenoxy) is 1. The van der Waals surface area contributed by atoms with Crippen LogP contribution < -0.4 is 10.1 Å². The van der Waals surface area contributed by atoms with E-state index in [2.05, 4.69) is 10.3 Å². The van der Waals surface area contributed by atoms with Crippen molar-refractivity contribution in [1.82, 2.24) is 4.98 Å². The van der Waals surface area contributed by atoms with E-state index in [4.69, 9.17) is 9.15 Å².